The van der Waals surface area contributed by atoms with Gasteiger partial charge in [-0.15, -0.1) is 11.3 Å². The molecule has 172 valence electrons. The number of carbonyl (C=O) groups is 1. The van der Waals surface area contributed by atoms with E-state index < -0.39 is 35.3 Å². The monoisotopic (exact) mass is 475 g/mol. The van der Waals surface area contributed by atoms with Crippen LogP contribution < -0.4 is 10.9 Å². The number of rotatable bonds is 4. The number of fused-ring (bicyclic) bond motifs is 1. The number of benzene rings is 1. The van der Waals surface area contributed by atoms with E-state index >= 15 is 0 Å². The van der Waals surface area contributed by atoms with Crippen LogP contribution in [0.3, 0.4) is 0 Å². The van der Waals surface area contributed by atoms with Crippen molar-refractivity contribution in [2.45, 2.75) is 39.0 Å². The minimum absolute atomic E-state index is 0.268. The average molecular weight is 475 g/mol. The number of nitrogens with one attached hydrogen (secondary N) is 1. The first-order chi connectivity index (χ1) is 15.5. The maximum absolute atomic E-state index is 13.3. The molecule has 4 rings (SSSR count). The van der Waals surface area contributed by atoms with Gasteiger partial charge in [-0.05, 0) is 44.4 Å². The zero-order valence-electron chi connectivity index (χ0n) is 18.0. The minimum atomic E-state index is -4.64. The third kappa shape index (κ3) is 4.40. The Balaban J connectivity index is 1.78. The number of halogens is 3. The summed E-state index contributed by atoms with van der Waals surface area (Å²) < 4.78 is 42.3. The fourth-order valence-corrected chi connectivity index (χ4v) is 4.17. The molecule has 0 fully saturated rings. The summed E-state index contributed by atoms with van der Waals surface area (Å²) in [5.74, 6) is -0.806. The second kappa shape index (κ2) is 8.14. The molecule has 0 aliphatic rings. The van der Waals surface area contributed by atoms with Crippen LogP contribution in [-0.4, -0.2) is 25.5 Å². The summed E-state index contributed by atoms with van der Waals surface area (Å²) in [5.41, 5.74) is -1.71. The highest BCUT2D eigenvalue weighted by molar-refractivity contribution is 7.13. The van der Waals surface area contributed by atoms with Crippen molar-refractivity contribution in [3.05, 3.63) is 63.9 Å². The lowest BCUT2D eigenvalue weighted by atomic mass is 10.1. The number of amides is 1. The van der Waals surface area contributed by atoms with Crippen LogP contribution >= 0.6 is 11.3 Å². The Hall–Kier alpha value is -3.47. The van der Waals surface area contributed by atoms with Crippen LogP contribution in [0.5, 0.6) is 0 Å². The molecule has 0 saturated carbocycles. The third-order valence-corrected chi connectivity index (χ3v) is 5.75. The largest absolute Gasteiger partial charge is 0.418 e. The Morgan fingerprint density at radius 2 is 1.85 bits per heavy atom. The van der Waals surface area contributed by atoms with E-state index in [4.69, 9.17) is 0 Å². The smallest absolute Gasteiger partial charge is 0.324 e. The average Bonchev–Trinajstić information content (AvgIpc) is 3.39. The van der Waals surface area contributed by atoms with Gasteiger partial charge in [0.05, 0.1) is 33.2 Å². The van der Waals surface area contributed by atoms with Crippen molar-refractivity contribution in [3.63, 3.8) is 0 Å². The summed E-state index contributed by atoms with van der Waals surface area (Å²) in [6.07, 6.45) is -3.07. The predicted molar refractivity (Wildman–Crippen MR) is 120 cm³/mol. The second-order valence-corrected chi connectivity index (χ2v) is 9.32. The number of alkyl halides is 3. The van der Waals surface area contributed by atoms with Crippen LogP contribution in [0.1, 0.15) is 26.3 Å². The summed E-state index contributed by atoms with van der Waals surface area (Å²) in [6, 6.07) is 8.32. The molecule has 1 aromatic carbocycles. The lowest BCUT2D eigenvalue weighted by molar-refractivity contribution is -0.137. The fourth-order valence-electron chi connectivity index (χ4n) is 3.45. The van der Waals surface area contributed by atoms with Crippen LogP contribution in [0.25, 0.3) is 21.5 Å². The van der Waals surface area contributed by atoms with E-state index in [9.17, 15) is 22.8 Å². The number of hydrogen-bond donors (Lipinski definition) is 1. The zero-order valence-corrected chi connectivity index (χ0v) is 18.8. The maximum Gasteiger partial charge on any atom is 0.418 e. The van der Waals surface area contributed by atoms with Gasteiger partial charge in [-0.2, -0.15) is 23.4 Å². The van der Waals surface area contributed by atoms with E-state index in [1.807, 2.05) is 38.3 Å². The number of thiophene rings is 1. The van der Waals surface area contributed by atoms with Gasteiger partial charge in [-0.25, -0.2) is 4.68 Å². The number of carbonyl (C=O) groups excluding carboxylic acids is 1. The number of para-hydroxylation sites is 1. The molecule has 4 aromatic rings. The highest BCUT2D eigenvalue weighted by Crippen LogP contribution is 2.34. The summed E-state index contributed by atoms with van der Waals surface area (Å²) in [7, 11) is 0. The number of anilines is 1. The molecule has 11 heteroatoms. The van der Waals surface area contributed by atoms with Crippen molar-refractivity contribution in [2.24, 2.45) is 0 Å². The SMILES string of the molecule is CC(C)(C)n1ncc2c(-c3cccs3)nn(CC(=O)Nc3ccccc3C(F)(F)F)c(=O)c21. The second-order valence-electron chi connectivity index (χ2n) is 8.37. The molecule has 3 heterocycles. The topological polar surface area (TPSA) is 81.8 Å². The Labute approximate surface area is 190 Å². The predicted octanol–water partition coefficient (Wildman–Crippen LogP) is 4.73. The molecule has 0 unspecified atom stereocenters. The van der Waals surface area contributed by atoms with E-state index in [0.717, 1.165) is 21.7 Å². The molecule has 33 heavy (non-hydrogen) atoms. The van der Waals surface area contributed by atoms with Gasteiger partial charge in [-0.1, -0.05) is 18.2 Å². The Morgan fingerprint density at radius 3 is 2.48 bits per heavy atom. The van der Waals surface area contributed by atoms with Crippen LogP contribution in [-0.2, 0) is 23.1 Å². The Bertz CT molecular complexity index is 1380. The van der Waals surface area contributed by atoms with Crippen molar-refractivity contribution < 1.29 is 18.0 Å². The molecule has 1 N–H and O–H groups in total. The van der Waals surface area contributed by atoms with Crippen LogP contribution in [0.2, 0.25) is 0 Å². The molecule has 3 aromatic heterocycles. The fraction of sp³-hybridized carbons (Fsp3) is 0.273. The van der Waals surface area contributed by atoms with Gasteiger partial charge in [0.15, 0.2) is 0 Å². The summed E-state index contributed by atoms with van der Waals surface area (Å²) in [4.78, 5) is 26.7. The van der Waals surface area contributed by atoms with Gasteiger partial charge in [0.1, 0.15) is 17.8 Å². The van der Waals surface area contributed by atoms with E-state index in [0.29, 0.717) is 11.1 Å². The molecule has 1 amide bonds. The molecule has 0 aliphatic carbocycles. The van der Waals surface area contributed by atoms with Crippen molar-refractivity contribution in [1.82, 2.24) is 19.6 Å². The number of hydrogen-bond acceptors (Lipinski definition) is 5. The normalized spacial score (nSPS) is 12.3. The van der Waals surface area contributed by atoms with E-state index in [-0.39, 0.29) is 11.2 Å². The summed E-state index contributed by atoms with van der Waals surface area (Å²) in [5, 5.41) is 13.4. The van der Waals surface area contributed by atoms with Gasteiger partial charge < -0.3 is 5.32 Å². The molecular formula is C22H20F3N5O2S. The van der Waals surface area contributed by atoms with Crippen molar-refractivity contribution in [1.29, 1.82) is 0 Å². The van der Waals surface area contributed by atoms with Gasteiger partial charge in [0, 0.05) is 0 Å². The number of nitrogens with zero attached hydrogens (tertiary/aromatic N) is 4. The van der Waals surface area contributed by atoms with E-state index in [2.05, 4.69) is 15.5 Å². The quantitative estimate of drug-likeness (QED) is 0.463. The molecule has 0 radical (unpaired) electrons. The van der Waals surface area contributed by atoms with Crippen molar-refractivity contribution in [3.8, 4) is 10.6 Å². The van der Waals surface area contributed by atoms with Gasteiger partial charge in [0.2, 0.25) is 5.91 Å². The molecule has 7 nitrogen and oxygen atoms in total. The molecule has 0 spiro atoms. The first kappa shape index (κ1) is 22.7. The van der Waals surface area contributed by atoms with Gasteiger partial charge >= 0.3 is 6.18 Å². The molecule has 0 bridgehead atoms. The first-order valence-corrected chi connectivity index (χ1v) is 10.8. The van der Waals surface area contributed by atoms with Gasteiger partial charge in [0.25, 0.3) is 5.56 Å². The third-order valence-electron chi connectivity index (χ3n) is 4.87. The number of aromatic nitrogens is 4. The van der Waals surface area contributed by atoms with Crippen LogP contribution in [0.4, 0.5) is 18.9 Å². The van der Waals surface area contributed by atoms with E-state index in [1.54, 1.807) is 10.9 Å². The molecular weight excluding hydrogens is 455 g/mol. The van der Waals surface area contributed by atoms with Crippen LogP contribution in [0, 0.1) is 0 Å². The molecule has 0 atom stereocenters. The standard InChI is InChI=1S/C22H20F3N5O2S/c1-21(2,3)30-19-13(11-26-30)18(16-9-6-10-33-16)28-29(20(19)32)12-17(31)27-15-8-5-4-7-14(15)22(23,24)25/h4-11H,12H2,1-3H3,(H,27,31). The summed E-state index contributed by atoms with van der Waals surface area (Å²) >= 11 is 1.41. The van der Waals surface area contributed by atoms with Crippen molar-refractivity contribution in [2.75, 3.05) is 5.32 Å². The molecule has 0 aliphatic heterocycles. The van der Waals surface area contributed by atoms with Crippen LogP contribution in [0.15, 0.2) is 52.8 Å². The first-order valence-electron chi connectivity index (χ1n) is 9.96. The maximum atomic E-state index is 13.3. The minimum Gasteiger partial charge on any atom is -0.324 e. The van der Waals surface area contributed by atoms with E-state index in [1.165, 1.54) is 23.5 Å². The lowest BCUT2D eigenvalue weighted by Crippen LogP contribution is -2.33. The van der Waals surface area contributed by atoms with Gasteiger partial charge in [-0.3, -0.25) is 14.3 Å². The highest BCUT2D eigenvalue weighted by Gasteiger charge is 2.33. The highest BCUT2D eigenvalue weighted by atomic mass is 32.1. The zero-order chi connectivity index (χ0) is 24.0. The lowest BCUT2D eigenvalue weighted by Gasteiger charge is -2.20. The Kier molecular flexibility index (Phi) is 5.61. The van der Waals surface area contributed by atoms with Crippen molar-refractivity contribution >= 4 is 33.8 Å². The summed E-state index contributed by atoms with van der Waals surface area (Å²) in [6.45, 7) is 5.09. The Morgan fingerprint density at radius 1 is 1.12 bits per heavy atom. The molecule has 0 saturated heterocycles.